The minimum Gasteiger partial charge on any atom is -0.465 e. The Morgan fingerprint density at radius 2 is 1.97 bits per heavy atom. The molecule has 1 spiro atoms. The van der Waals surface area contributed by atoms with Gasteiger partial charge >= 0.3 is 5.97 Å². The summed E-state index contributed by atoms with van der Waals surface area (Å²) in [5, 5.41) is 9.59. The van der Waals surface area contributed by atoms with Gasteiger partial charge in [0.05, 0.1) is 18.1 Å². The summed E-state index contributed by atoms with van der Waals surface area (Å²) in [7, 11) is 0. The third-order valence-corrected chi connectivity index (χ3v) is 8.60. The molecule has 3 fully saturated rings. The number of aliphatic hydroxyl groups excluding tert-OH is 1. The molecule has 1 aromatic carbocycles. The molecule has 212 valence electrons. The molecule has 0 aliphatic carbocycles. The van der Waals surface area contributed by atoms with Gasteiger partial charge in [-0.2, -0.15) is 0 Å². The number of allylic oxidation sites excluding steroid dienone is 1. The van der Waals surface area contributed by atoms with E-state index in [0.29, 0.717) is 25.7 Å². The van der Waals surface area contributed by atoms with Crippen molar-refractivity contribution in [3.05, 3.63) is 54.6 Å². The summed E-state index contributed by atoms with van der Waals surface area (Å²) >= 11 is 0. The average Bonchev–Trinajstić information content (AvgIpc) is 3.47. The highest BCUT2D eigenvalue weighted by Crippen LogP contribution is 2.63. The van der Waals surface area contributed by atoms with E-state index in [9.17, 15) is 19.5 Å². The Labute approximate surface area is 231 Å². The van der Waals surface area contributed by atoms with Crippen molar-refractivity contribution in [2.24, 2.45) is 11.8 Å². The lowest BCUT2D eigenvalue weighted by molar-refractivity contribution is -0.159. The van der Waals surface area contributed by atoms with Crippen molar-refractivity contribution in [3.63, 3.8) is 0 Å². The molecule has 1 aromatic rings. The van der Waals surface area contributed by atoms with E-state index >= 15 is 0 Å². The second-order valence-electron chi connectivity index (χ2n) is 11.3. The second-order valence-corrected chi connectivity index (χ2v) is 11.3. The van der Waals surface area contributed by atoms with Crippen LogP contribution < -0.4 is 4.90 Å². The van der Waals surface area contributed by atoms with Crippen molar-refractivity contribution in [2.45, 2.75) is 76.5 Å². The number of likely N-dealkylation sites (tertiary alicyclic amines) is 1. The number of hydrogen-bond acceptors (Lipinski definition) is 6. The first-order valence-electron chi connectivity index (χ1n) is 14.0. The third-order valence-electron chi connectivity index (χ3n) is 8.60. The Morgan fingerprint density at radius 3 is 2.67 bits per heavy atom. The summed E-state index contributed by atoms with van der Waals surface area (Å²) < 4.78 is 12.3. The van der Waals surface area contributed by atoms with Crippen LogP contribution in [0.25, 0.3) is 0 Å². The molecule has 3 aliphatic heterocycles. The molecule has 0 aromatic heterocycles. The Morgan fingerprint density at radius 1 is 1.21 bits per heavy atom. The largest absolute Gasteiger partial charge is 0.465 e. The molecule has 8 heteroatoms. The quantitative estimate of drug-likeness (QED) is 0.233. The van der Waals surface area contributed by atoms with Crippen LogP contribution in [0.5, 0.6) is 0 Å². The molecule has 0 saturated carbocycles. The fourth-order valence-electron chi connectivity index (χ4n) is 6.79. The smallest absolute Gasteiger partial charge is 0.312 e. The zero-order valence-corrected chi connectivity index (χ0v) is 23.5. The third kappa shape index (κ3) is 5.05. The van der Waals surface area contributed by atoms with Gasteiger partial charge in [-0.15, -0.1) is 13.2 Å². The van der Waals surface area contributed by atoms with Crippen LogP contribution in [0, 0.1) is 25.7 Å². The number of rotatable bonds is 13. The van der Waals surface area contributed by atoms with Gasteiger partial charge in [0.2, 0.25) is 5.91 Å². The predicted octanol–water partition coefficient (Wildman–Crippen LogP) is 3.87. The van der Waals surface area contributed by atoms with Gasteiger partial charge in [-0.1, -0.05) is 24.3 Å². The molecule has 5 atom stereocenters. The number of hydrogen-bond donors (Lipinski definition) is 1. The molecule has 2 bridgehead atoms. The van der Waals surface area contributed by atoms with E-state index in [2.05, 4.69) is 13.2 Å². The van der Waals surface area contributed by atoms with Crippen molar-refractivity contribution in [3.8, 4) is 0 Å². The monoisotopic (exact) mass is 538 g/mol. The number of anilines is 1. The Hall–Kier alpha value is -2.97. The van der Waals surface area contributed by atoms with E-state index in [-0.39, 0.29) is 38.1 Å². The van der Waals surface area contributed by atoms with Gasteiger partial charge < -0.3 is 24.4 Å². The summed E-state index contributed by atoms with van der Waals surface area (Å²) in [5.41, 5.74) is 0.667. The molecule has 3 aliphatic rings. The number of fused-ring (bicyclic) bond motifs is 1. The van der Waals surface area contributed by atoms with Crippen molar-refractivity contribution in [2.75, 3.05) is 31.2 Å². The number of ether oxygens (including phenoxy) is 2. The zero-order chi connectivity index (χ0) is 28.4. The number of esters is 1. The number of unbranched alkanes of at least 4 members (excludes halogenated alkanes) is 2. The summed E-state index contributed by atoms with van der Waals surface area (Å²) in [6, 6.07) is 5.00. The van der Waals surface area contributed by atoms with Crippen LogP contribution in [-0.4, -0.2) is 71.3 Å². The molecule has 2 unspecified atom stereocenters. The van der Waals surface area contributed by atoms with Crippen molar-refractivity contribution in [1.82, 2.24) is 4.90 Å². The van der Waals surface area contributed by atoms with Gasteiger partial charge in [-0.05, 0) is 76.5 Å². The van der Waals surface area contributed by atoms with Crippen molar-refractivity contribution < 1.29 is 29.0 Å². The van der Waals surface area contributed by atoms with Gasteiger partial charge in [0.1, 0.15) is 17.6 Å². The van der Waals surface area contributed by atoms with Crippen LogP contribution >= 0.6 is 0 Å². The minimum absolute atomic E-state index is 0.121. The van der Waals surface area contributed by atoms with Crippen LogP contribution in [-0.2, 0) is 23.9 Å². The van der Waals surface area contributed by atoms with E-state index in [1.54, 1.807) is 15.9 Å². The summed E-state index contributed by atoms with van der Waals surface area (Å²) in [4.78, 5) is 45.2. The van der Waals surface area contributed by atoms with Gasteiger partial charge in [-0.25, -0.2) is 0 Å². The maximum atomic E-state index is 14.5. The normalized spacial score (nSPS) is 28.9. The molecule has 3 heterocycles. The first-order chi connectivity index (χ1) is 18.6. The van der Waals surface area contributed by atoms with Crippen LogP contribution in [0.1, 0.15) is 56.6 Å². The number of nitrogens with zero attached hydrogens (tertiary/aromatic N) is 2. The zero-order valence-electron chi connectivity index (χ0n) is 23.5. The molecular formula is C31H42N2O6. The number of carbonyl (C=O) groups excluding carboxylic acids is 3. The van der Waals surface area contributed by atoms with E-state index in [1.165, 1.54) is 0 Å². The van der Waals surface area contributed by atoms with Crippen LogP contribution in [0.4, 0.5) is 5.69 Å². The fraction of sp³-hybridized carbons (Fsp3) is 0.581. The van der Waals surface area contributed by atoms with E-state index in [4.69, 9.17) is 9.47 Å². The maximum absolute atomic E-state index is 14.5. The number of benzene rings is 1. The molecule has 0 radical (unpaired) electrons. The summed E-state index contributed by atoms with van der Waals surface area (Å²) in [6.07, 6.45) is 7.28. The highest BCUT2D eigenvalue weighted by molar-refractivity contribution is 6.05. The predicted molar refractivity (Wildman–Crippen MR) is 149 cm³/mol. The lowest BCUT2D eigenvalue weighted by atomic mass is 9.66. The van der Waals surface area contributed by atoms with Gasteiger partial charge in [0.15, 0.2) is 0 Å². The topological polar surface area (TPSA) is 96.4 Å². The maximum Gasteiger partial charge on any atom is 0.312 e. The first kappa shape index (κ1) is 29.0. The lowest BCUT2D eigenvalue weighted by Gasteiger charge is -2.37. The van der Waals surface area contributed by atoms with Gasteiger partial charge in [0, 0.05) is 25.4 Å². The number of amides is 2. The van der Waals surface area contributed by atoms with Gasteiger partial charge in [-0.3, -0.25) is 14.4 Å². The molecule has 8 nitrogen and oxygen atoms in total. The van der Waals surface area contributed by atoms with E-state index in [0.717, 1.165) is 29.7 Å². The standard InChI is InChI=1S/C31H42N2O6/c1-6-8-9-10-19-38-29(37)25-24-27(35)33(17-11-18-34)26(31(24)15-14-30(25,5)39-31)28(36)32(16-7-2)23-20-21(3)12-13-22(23)4/h6-7,12-13,20,24-26,34H,1-2,8-11,14-19H2,3-5H3/t24-,25+,26?,30-,31?/m0/s1. The highest BCUT2D eigenvalue weighted by atomic mass is 16.6. The lowest BCUT2D eigenvalue weighted by Crippen LogP contribution is -2.56. The molecule has 1 N–H and O–H groups in total. The minimum atomic E-state index is -1.14. The first-order valence-corrected chi connectivity index (χ1v) is 14.0. The van der Waals surface area contributed by atoms with Crippen LogP contribution in [0.3, 0.4) is 0 Å². The molecule has 3 saturated heterocycles. The molecular weight excluding hydrogens is 496 g/mol. The molecule has 39 heavy (non-hydrogen) atoms. The van der Waals surface area contributed by atoms with Crippen LogP contribution in [0.15, 0.2) is 43.5 Å². The Kier molecular flexibility index (Phi) is 8.66. The molecule has 4 rings (SSSR count). The van der Waals surface area contributed by atoms with E-state index < -0.39 is 35.0 Å². The number of aliphatic hydroxyl groups is 1. The van der Waals surface area contributed by atoms with Crippen molar-refractivity contribution >= 4 is 23.5 Å². The Bertz CT molecular complexity index is 1130. The Balaban J connectivity index is 1.71. The average molecular weight is 539 g/mol. The molecule has 2 amide bonds. The number of aryl methyl sites for hydroxylation is 2. The van der Waals surface area contributed by atoms with Gasteiger partial charge in [0.25, 0.3) is 5.91 Å². The number of carbonyl (C=O) groups is 3. The fourth-order valence-corrected chi connectivity index (χ4v) is 6.79. The van der Waals surface area contributed by atoms with Crippen molar-refractivity contribution in [1.29, 1.82) is 0 Å². The summed E-state index contributed by atoms with van der Waals surface area (Å²) in [6.45, 7) is 14.0. The SMILES string of the molecule is C=CCCCCOC(=O)[C@H]1[C@H]2C(=O)N(CCCO)C(C(=O)N(CC=C)c3cc(C)ccc3C)C23CC[C@]1(C)O3. The van der Waals surface area contributed by atoms with Crippen LogP contribution in [0.2, 0.25) is 0 Å². The van der Waals surface area contributed by atoms with E-state index in [1.807, 2.05) is 45.0 Å². The highest BCUT2D eigenvalue weighted by Gasteiger charge is 2.78. The second kappa shape index (κ2) is 11.6. The summed E-state index contributed by atoms with van der Waals surface area (Å²) in [5.74, 6) is -2.59.